The fourth-order valence-electron chi connectivity index (χ4n) is 1.89. The van der Waals surface area contributed by atoms with Crippen molar-refractivity contribution in [2.24, 2.45) is 5.84 Å². The molecule has 0 aliphatic heterocycles. The zero-order chi connectivity index (χ0) is 17.9. The van der Waals surface area contributed by atoms with Gasteiger partial charge in [0.1, 0.15) is 6.54 Å². The first-order valence-corrected chi connectivity index (χ1v) is 9.76. The molecule has 0 atom stereocenters. The van der Waals surface area contributed by atoms with E-state index in [1.54, 1.807) is 24.3 Å². The summed E-state index contributed by atoms with van der Waals surface area (Å²) in [6.45, 7) is -0.473. The molecule has 0 spiro atoms. The number of hydrazine groups is 1. The van der Waals surface area contributed by atoms with Gasteiger partial charge in [0.15, 0.2) is 0 Å². The number of anilines is 1. The third kappa shape index (κ3) is 4.12. The Kier molecular flexibility index (Phi) is 6.32. The van der Waals surface area contributed by atoms with Crippen LogP contribution in [0.4, 0.5) is 5.69 Å². The minimum Gasteiger partial charge on any atom is -0.293 e. The molecule has 128 valence electrons. The minimum atomic E-state index is -4.05. The predicted octanol–water partition coefficient (Wildman–Crippen LogP) is 2.78. The Balaban J connectivity index is 2.59. The molecule has 24 heavy (non-hydrogen) atoms. The van der Waals surface area contributed by atoms with Gasteiger partial charge in [-0.15, -0.1) is 0 Å². The second-order valence-electron chi connectivity index (χ2n) is 4.61. The van der Waals surface area contributed by atoms with Gasteiger partial charge in [-0.2, -0.15) is 0 Å². The van der Waals surface area contributed by atoms with E-state index in [4.69, 9.17) is 29.0 Å². The van der Waals surface area contributed by atoms with Crippen molar-refractivity contribution >= 4 is 67.4 Å². The fourth-order valence-corrected chi connectivity index (χ4v) is 4.57. The largest absolute Gasteiger partial charge is 0.293 e. The average molecular weight is 500 g/mol. The predicted molar refractivity (Wildman–Crippen MR) is 102 cm³/mol. The summed E-state index contributed by atoms with van der Waals surface area (Å²) >= 11 is 13.7. The first-order valence-electron chi connectivity index (χ1n) is 6.49. The van der Waals surface area contributed by atoms with Gasteiger partial charge in [0.2, 0.25) is 0 Å². The van der Waals surface area contributed by atoms with Gasteiger partial charge < -0.3 is 0 Å². The first-order chi connectivity index (χ1) is 11.3. The first kappa shape index (κ1) is 19.3. The molecule has 0 aliphatic carbocycles. The van der Waals surface area contributed by atoms with Gasteiger partial charge in [-0.05, 0) is 52.9 Å². The van der Waals surface area contributed by atoms with E-state index in [1.807, 2.05) is 28.0 Å². The number of nitrogens with zero attached hydrogens (tertiary/aromatic N) is 1. The SMILES string of the molecule is NNC(=O)CN(c1ccccc1I)S(=O)(=O)c1ccc(Cl)c(Cl)c1. The van der Waals surface area contributed by atoms with Crippen LogP contribution < -0.4 is 15.6 Å². The molecule has 2 aromatic carbocycles. The van der Waals surface area contributed by atoms with Crippen molar-refractivity contribution in [2.45, 2.75) is 4.90 Å². The van der Waals surface area contributed by atoms with E-state index in [2.05, 4.69) is 0 Å². The van der Waals surface area contributed by atoms with E-state index < -0.39 is 22.5 Å². The number of nitrogens with two attached hydrogens (primary N) is 1. The summed E-state index contributed by atoms with van der Waals surface area (Å²) in [7, 11) is -4.05. The van der Waals surface area contributed by atoms with Crippen LogP contribution in [0.15, 0.2) is 47.4 Å². The quantitative estimate of drug-likeness (QED) is 0.286. The van der Waals surface area contributed by atoms with Crippen LogP contribution in [0.25, 0.3) is 0 Å². The van der Waals surface area contributed by atoms with Crippen LogP contribution in [-0.4, -0.2) is 20.9 Å². The van der Waals surface area contributed by atoms with Gasteiger partial charge in [0.25, 0.3) is 15.9 Å². The van der Waals surface area contributed by atoms with Crippen molar-refractivity contribution in [1.29, 1.82) is 0 Å². The summed E-state index contributed by atoms with van der Waals surface area (Å²) in [5, 5.41) is 0.333. The molecule has 2 rings (SSSR count). The second kappa shape index (κ2) is 7.87. The number of benzene rings is 2. The minimum absolute atomic E-state index is 0.0821. The average Bonchev–Trinajstić information content (AvgIpc) is 2.55. The van der Waals surface area contributed by atoms with Gasteiger partial charge in [-0.1, -0.05) is 35.3 Å². The molecule has 0 aromatic heterocycles. The summed E-state index contributed by atoms with van der Waals surface area (Å²) in [5.41, 5.74) is 2.29. The number of rotatable bonds is 5. The number of nitrogens with one attached hydrogen (secondary N) is 1. The van der Waals surface area contributed by atoms with E-state index >= 15 is 0 Å². The highest BCUT2D eigenvalue weighted by atomic mass is 127. The van der Waals surface area contributed by atoms with Gasteiger partial charge in [-0.25, -0.2) is 14.3 Å². The third-order valence-electron chi connectivity index (χ3n) is 3.05. The molecule has 0 fully saturated rings. The Bertz CT molecular complexity index is 877. The Morgan fingerprint density at radius 2 is 1.83 bits per heavy atom. The van der Waals surface area contributed by atoms with Crippen molar-refractivity contribution in [1.82, 2.24) is 5.43 Å². The molecule has 0 heterocycles. The summed E-state index contributed by atoms with van der Waals surface area (Å²) < 4.78 is 27.6. The van der Waals surface area contributed by atoms with Crippen molar-refractivity contribution in [3.8, 4) is 0 Å². The third-order valence-corrected chi connectivity index (χ3v) is 6.46. The van der Waals surface area contributed by atoms with Crippen molar-refractivity contribution in [3.05, 3.63) is 56.1 Å². The maximum absolute atomic E-state index is 13.0. The molecule has 0 radical (unpaired) electrons. The van der Waals surface area contributed by atoms with Gasteiger partial charge in [0, 0.05) is 3.57 Å². The number of halogens is 3. The van der Waals surface area contributed by atoms with Crippen LogP contribution in [-0.2, 0) is 14.8 Å². The summed E-state index contributed by atoms with van der Waals surface area (Å²) in [5.74, 6) is 4.45. The maximum Gasteiger partial charge on any atom is 0.264 e. The zero-order valence-electron chi connectivity index (χ0n) is 12.0. The standard InChI is InChI=1S/C14H12Cl2IN3O3S/c15-10-6-5-9(7-11(10)16)24(22,23)20(8-14(21)19-18)13-4-2-1-3-12(13)17/h1-7H,8,18H2,(H,19,21). The van der Waals surface area contributed by atoms with Crippen molar-refractivity contribution in [3.63, 3.8) is 0 Å². The lowest BCUT2D eigenvalue weighted by Gasteiger charge is -2.24. The number of amides is 1. The van der Waals surface area contributed by atoms with Gasteiger partial charge >= 0.3 is 0 Å². The van der Waals surface area contributed by atoms with Crippen molar-refractivity contribution < 1.29 is 13.2 Å². The Labute approximate surface area is 163 Å². The Morgan fingerprint density at radius 3 is 2.42 bits per heavy atom. The van der Waals surface area contributed by atoms with E-state index in [-0.39, 0.29) is 14.9 Å². The molecule has 3 N–H and O–H groups in total. The normalized spacial score (nSPS) is 11.2. The van der Waals surface area contributed by atoms with Crippen molar-refractivity contribution in [2.75, 3.05) is 10.8 Å². The highest BCUT2D eigenvalue weighted by Crippen LogP contribution is 2.31. The van der Waals surface area contributed by atoms with Gasteiger partial charge in [0.05, 0.1) is 20.6 Å². The summed E-state index contributed by atoms with van der Waals surface area (Å²) in [6, 6.07) is 10.7. The van der Waals surface area contributed by atoms with E-state index in [0.29, 0.717) is 9.26 Å². The van der Waals surface area contributed by atoms with Crippen LogP contribution in [0, 0.1) is 3.57 Å². The maximum atomic E-state index is 13.0. The van der Waals surface area contributed by atoms with Crippen LogP contribution in [0.2, 0.25) is 10.0 Å². The monoisotopic (exact) mass is 499 g/mol. The molecular weight excluding hydrogens is 488 g/mol. The molecule has 0 unspecified atom stereocenters. The molecule has 0 saturated heterocycles. The number of para-hydroxylation sites is 1. The number of carbonyl (C=O) groups excluding carboxylic acids is 1. The highest BCUT2D eigenvalue weighted by Gasteiger charge is 2.28. The lowest BCUT2D eigenvalue weighted by Crippen LogP contribution is -2.43. The Morgan fingerprint density at radius 1 is 1.17 bits per heavy atom. The number of hydrogen-bond donors (Lipinski definition) is 2. The summed E-state index contributed by atoms with van der Waals surface area (Å²) in [6.07, 6.45) is 0. The number of sulfonamides is 1. The summed E-state index contributed by atoms with van der Waals surface area (Å²) in [4.78, 5) is 11.6. The molecular formula is C14H12Cl2IN3O3S. The Hall–Kier alpha value is -1.07. The number of hydrogen-bond acceptors (Lipinski definition) is 4. The smallest absolute Gasteiger partial charge is 0.264 e. The van der Waals surface area contributed by atoms with E-state index in [1.165, 1.54) is 18.2 Å². The van der Waals surface area contributed by atoms with Crippen LogP contribution >= 0.6 is 45.8 Å². The molecule has 2 aromatic rings. The molecule has 0 bridgehead atoms. The molecule has 0 saturated carbocycles. The van der Waals surface area contributed by atoms with Crippen LogP contribution in [0.5, 0.6) is 0 Å². The van der Waals surface area contributed by atoms with Gasteiger partial charge in [-0.3, -0.25) is 14.5 Å². The number of carbonyl (C=O) groups is 1. The van der Waals surface area contributed by atoms with Crippen LogP contribution in [0.3, 0.4) is 0 Å². The van der Waals surface area contributed by atoms with Crippen LogP contribution in [0.1, 0.15) is 0 Å². The van der Waals surface area contributed by atoms with E-state index in [9.17, 15) is 13.2 Å². The molecule has 0 aliphatic rings. The second-order valence-corrected chi connectivity index (χ2v) is 8.45. The van der Waals surface area contributed by atoms with E-state index in [0.717, 1.165) is 4.31 Å². The molecule has 1 amide bonds. The lowest BCUT2D eigenvalue weighted by atomic mass is 10.3. The fraction of sp³-hybridized carbons (Fsp3) is 0.0714. The zero-order valence-corrected chi connectivity index (χ0v) is 16.5. The molecule has 10 heteroatoms. The molecule has 6 nitrogen and oxygen atoms in total. The highest BCUT2D eigenvalue weighted by molar-refractivity contribution is 14.1. The lowest BCUT2D eigenvalue weighted by molar-refractivity contribution is -0.119. The topological polar surface area (TPSA) is 92.5 Å².